The van der Waals surface area contributed by atoms with Crippen molar-refractivity contribution in [2.24, 2.45) is 0 Å². The van der Waals surface area contributed by atoms with Gasteiger partial charge in [0.25, 0.3) is 0 Å². The summed E-state index contributed by atoms with van der Waals surface area (Å²) in [5.41, 5.74) is 0.642. The molecule has 2 aromatic heterocycles. The summed E-state index contributed by atoms with van der Waals surface area (Å²) in [6.45, 7) is 1.34. The van der Waals surface area contributed by atoms with Gasteiger partial charge >= 0.3 is 0 Å². The Kier molecular flexibility index (Phi) is 4.26. The van der Waals surface area contributed by atoms with Gasteiger partial charge in [-0.3, -0.25) is 14.5 Å². The maximum atomic E-state index is 13.7. The van der Waals surface area contributed by atoms with Crippen LogP contribution in [0.15, 0.2) is 42.7 Å². The fraction of sp³-hybridized carbons (Fsp3) is 0.211. The van der Waals surface area contributed by atoms with Gasteiger partial charge in [0.05, 0.1) is 19.7 Å². The molecule has 3 rings (SSSR count). The summed E-state index contributed by atoms with van der Waals surface area (Å²) in [4.78, 5) is 15.4. The van der Waals surface area contributed by atoms with Gasteiger partial charge in [-0.1, -0.05) is 0 Å². The van der Waals surface area contributed by atoms with E-state index < -0.39 is 23.9 Å². The first kappa shape index (κ1) is 15.1. The Morgan fingerprint density at radius 3 is 2.92 bits per heavy atom. The molecule has 134 valence electrons. The van der Waals surface area contributed by atoms with Crippen molar-refractivity contribution in [3.05, 3.63) is 59.8 Å². The topological polar surface area (TPSA) is 77.2 Å². The molecule has 0 saturated carbocycles. The highest BCUT2D eigenvalue weighted by Gasteiger charge is 2.16. The first-order valence-electron chi connectivity index (χ1n) is 8.90. The Balaban J connectivity index is 2.10. The minimum atomic E-state index is -2.53. The molecule has 0 aliphatic carbocycles. The molecule has 0 aliphatic heterocycles. The van der Waals surface area contributed by atoms with E-state index >= 15 is 0 Å². The van der Waals surface area contributed by atoms with Crippen molar-refractivity contribution < 1.29 is 21.8 Å². The molecule has 0 spiro atoms. The smallest absolute Gasteiger partial charge is 0.157 e. The van der Waals surface area contributed by atoms with Gasteiger partial charge in [0.2, 0.25) is 0 Å². The molecule has 7 heteroatoms. The second-order valence-electron chi connectivity index (χ2n) is 5.81. The van der Waals surface area contributed by atoms with Crippen LogP contribution >= 0.6 is 0 Å². The number of phenolic OH excluding ortho intramolecular Hbond substituents is 1. The van der Waals surface area contributed by atoms with Gasteiger partial charge in [-0.15, -0.1) is 0 Å². The molecule has 26 heavy (non-hydrogen) atoms. The van der Waals surface area contributed by atoms with E-state index in [9.17, 15) is 14.3 Å². The van der Waals surface area contributed by atoms with Crippen molar-refractivity contribution in [1.29, 1.82) is 0 Å². The fourth-order valence-corrected chi connectivity index (χ4v) is 2.52. The molecule has 0 unspecified atom stereocenters. The van der Waals surface area contributed by atoms with Crippen molar-refractivity contribution >= 4 is 6.29 Å². The molecule has 1 aromatic carbocycles. The number of hydrogen-bond acceptors (Lipinski definition) is 5. The van der Waals surface area contributed by atoms with Crippen molar-refractivity contribution in [1.82, 2.24) is 14.8 Å². The van der Waals surface area contributed by atoms with Gasteiger partial charge in [0.1, 0.15) is 23.9 Å². The first-order chi connectivity index (χ1) is 13.2. The summed E-state index contributed by atoms with van der Waals surface area (Å²) in [7, 11) is 0. The van der Waals surface area contributed by atoms with E-state index in [2.05, 4.69) is 10.1 Å². The van der Waals surface area contributed by atoms with Crippen LogP contribution in [-0.4, -0.2) is 26.2 Å². The minimum Gasteiger partial charge on any atom is -0.507 e. The zero-order valence-electron chi connectivity index (χ0n) is 16.2. The van der Waals surface area contributed by atoms with E-state index in [0.717, 1.165) is 12.1 Å². The molecule has 0 amide bonds. The maximum Gasteiger partial charge on any atom is 0.157 e. The number of aromatic nitrogens is 3. The Morgan fingerprint density at radius 1 is 1.38 bits per heavy atom. The van der Waals surface area contributed by atoms with E-state index in [1.807, 2.05) is 13.8 Å². The maximum absolute atomic E-state index is 13.7. The van der Waals surface area contributed by atoms with Gasteiger partial charge in [-0.2, -0.15) is 5.10 Å². The average molecular weight is 357 g/mol. The highest BCUT2D eigenvalue weighted by molar-refractivity contribution is 5.83. The number of carbonyl (C=O) groups excluding carboxylic acids is 1. The van der Waals surface area contributed by atoms with Crippen LogP contribution in [0, 0.1) is 5.82 Å². The van der Waals surface area contributed by atoms with Crippen molar-refractivity contribution in [3.63, 3.8) is 0 Å². The Labute approximate surface area is 152 Å². The lowest BCUT2D eigenvalue weighted by Gasteiger charge is -2.15. The number of nitrogens with zero attached hydrogens (tertiary/aromatic N) is 3. The fourth-order valence-electron chi connectivity index (χ4n) is 2.52. The third kappa shape index (κ3) is 3.42. The van der Waals surface area contributed by atoms with Crippen LogP contribution in [0.2, 0.25) is 0 Å². The molecule has 0 aliphatic rings. The van der Waals surface area contributed by atoms with Gasteiger partial charge in [0, 0.05) is 36.1 Å². The Bertz CT molecular complexity index is 1020. The van der Waals surface area contributed by atoms with E-state index in [4.69, 9.17) is 7.48 Å². The predicted molar refractivity (Wildman–Crippen MR) is 93.6 cm³/mol. The number of halogens is 1. The molecule has 0 fully saturated rings. The summed E-state index contributed by atoms with van der Waals surface area (Å²) in [5.74, 6) is -1.93. The second-order valence-corrected chi connectivity index (χ2v) is 5.81. The lowest BCUT2D eigenvalue weighted by atomic mass is 10.1. The SMILES string of the molecule is [2H]C([2H])(Oc1cc(F)cc(O)c1C=O)c1ncccc1-c1ccnn1C(C)C. The molecule has 0 bridgehead atoms. The standard InChI is InChI=1S/C19H18FN3O3/c1-12(2)23-17(5-7-22-23)14-4-3-6-21-16(14)11-26-19-9-13(20)8-18(25)15(19)10-24/h3-10,12,25H,11H2,1-2H3/i11D2. The van der Waals surface area contributed by atoms with Crippen LogP contribution in [0.4, 0.5) is 4.39 Å². The normalized spacial score (nSPS) is 12.6. The number of hydrogen-bond donors (Lipinski definition) is 1. The zero-order chi connectivity index (χ0) is 20.5. The van der Waals surface area contributed by atoms with Crippen LogP contribution in [0.25, 0.3) is 11.3 Å². The number of phenols is 1. The van der Waals surface area contributed by atoms with Crippen LogP contribution in [0.3, 0.4) is 0 Å². The second kappa shape index (κ2) is 7.35. The van der Waals surface area contributed by atoms with E-state index in [1.54, 1.807) is 29.1 Å². The highest BCUT2D eigenvalue weighted by atomic mass is 19.1. The van der Waals surface area contributed by atoms with Gasteiger partial charge < -0.3 is 9.84 Å². The summed E-state index contributed by atoms with van der Waals surface area (Å²) in [5, 5.41) is 14.0. The monoisotopic (exact) mass is 357 g/mol. The number of benzene rings is 1. The van der Waals surface area contributed by atoms with Gasteiger partial charge in [0.15, 0.2) is 6.29 Å². The number of aromatic hydroxyl groups is 1. The third-order valence-corrected chi connectivity index (χ3v) is 3.70. The Hall–Kier alpha value is -3.22. The van der Waals surface area contributed by atoms with Gasteiger partial charge in [-0.05, 0) is 32.0 Å². The van der Waals surface area contributed by atoms with Crippen LogP contribution < -0.4 is 4.74 Å². The molecule has 0 atom stereocenters. The number of pyridine rings is 1. The van der Waals surface area contributed by atoms with E-state index in [0.29, 0.717) is 11.3 Å². The number of rotatable bonds is 6. The highest BCUT2D eigenvalue weighted by Crippen LogP contribution is 2.30. The molecule has 6 nitrogen and oxygen atoms in total. The Morgan fingerprint density at radius 2 is 2.19 bits per heavy atom. The average Bonchev–Trinajstić information content (AvgIpc) is 3.11. The largest absolute Gasteiger partial charge is 0.507 e. The minimum absolute atomic E-state index is 0.0201. The third-order valence-electron chi connectivity index (χ3n) is 3.70. The lowest BCUT2D eigenvalue weighted by Crippen LogP contribution is -2.08. The molecular weight excluding hydrogens is 337 g/mol. The van der Waals surface area contributed by atoms with Crippen LogP contribution in [-0.2, 0) is 6.56 Å². The van der Waals surface area contributed by atoms with Crippen molar-refractivity contribution in [2.75, 3.05) is 0 Å². The van der Waals surface area contributed by atoms with Crippen molar-refractivity contribution in [2.45, 2.75) is 26.4 Å². The van der Waals surface area contributed by atoms with Crippen LogP contribution in [0.1, 0.15) is 38.7 Å². The number of ether oxygens (including phenoxy) is 1. The van der Waals surface area contributed by atoms with Gasteiger partial charge in [-0.25, -0.2) is 4.39 Å². The van der Waals surface area contributed by atoms with Crippen molar-refractivity contribution in [3.8, 4) is 22.8 Å². The zero-order valence-corrected chi connectivity index (χ0v) is 14.2. The van der Waals surface area contributed by atoms with Crippen LogP contribution in [0.5, 0.6) is 11.5 Å². The van der Waals surface area contributed by atoms with E-state index in [-0.39, 0.29) is 23.6 Å². The van der Waals surface area contributed by atoms with E-state index in [1.165, 1.54) is 6.20 Å². The first-order valence-corrected chi connectivity index (χ1v) is 7.90. The quantitative estimate of drug-likeness (QED) is 0.680. The predicted octanol–water partition coefficient (Wildman–Crippen LogP) is 3.76. The summed E-state index contributed by atoms with van der Waals surface area (Å²) >= 11 is 0. The number of aldehydes is 1. The molecule has 2 heterocycles. The molecule has 0 saturated heterocycles. The summed E-state index contributed by atoms with van der Waals surface area (Å²) in [6, 6.07) is 6.65. The molecule has 0 radical (unpaired) electrons. The number of carbonyl (C=O) groups is 1. The molecule has 3 aromatic rings. The summed E-state index contributed by atoms with van der Waals surface area (Å²) < 4.78 is 37.4. The molecular formula is C19H18FN3O3. The lowest BCUT2D eigenvalue weighted by molar-refractivity contribution is 0.111. The summed E-state index contributed by atoms with van der Waals surface area (Å²) in [6.07, 6.45) is 3.27. The molecule has 1 N–H and O–H groups in total.